The summed E-state index contributed by atoms with van der Waals surface area (Å²) >= 11 is 0. The van der Waals surface area contributed by atoms with E-state index in [2.05, 4.69) is 18.3 Å². The molecule has 0 amide bonds. The van der Waals surface area contributed by atoms with Gasteiger partial charge in [0.25, 0.3) is 0 Å². The van der Waals surface area contributed by atoms with Crippen LogP contribution in [-0.2, 0) is 18.3 Å². The van der Waals surface area contributed by atoms with Crippen molar-refractivity contribution in [3.8, 4) is 0 Å². The molecule has 1 aliphatic heterocycles. The zero-order chi connectivity index (χ0) is 20.6. The van der Waals surface area contributed by atoms with Crippen LogP contribution in [0.3, 0.4) is 0 Å². The van der Waals surface area contributed by atoms with E-state index in [0.29, 0.717) is 0 Å². The molecule has 0 unspecified atom stereocenters. The Hall–Kier alpha value is -3.39. The van der Waals surface area contributed by atoms with Crippen molar-refractivity contribution >= 4 is 31.8 Å². The number of halogens is 2. The van der Waals surface area contributed by atoms with E-state index in [1.807, 2.05) is 0 Å². The Balaban J connectivity index is 1.98. The second kappa shape index (κ2) is 6.65. The van der Waals surface area contributed by atoms with E-state index < -0.39 is 48.5 Å². The van der Waals surface area contributed by atoms with Gasteiger partial charge in [0.2, 0.25) is 0 Å². The van der Waals surface area contributed by atoms with E-state index in [9.17, 15) is 27.6 Å². The third-order valence-electron chi connectivity index (χ3n) is 3.60. The number of hydrogen-bond donors (Lipinski definition) is 0. The molecule has 0 aliphatic carbocycles. The van der Waals surface area contributed by atoms with E-state index in [0.717, 1.165) is 31.4 Å². The van der Waals surface area contributed by atoms with Crippen LogP contribution in [0.25, 0.3) is 0 Å². The van der Waals surface area contributed by atoms with Gasteiger partial charge < -0.3 is 0 Å². The van der Waals surface area contributed by atoms with Crippen molar-refractivity contribution < 1.29 is 45.9 Å². The number of methoxy groups -OCH3 is 1. The third-order valence-corrected chi connectivity index (χ3v) is 4.96. The van der Waals surface area contributed by atoms with Crippen molar-refractivity contribution in [1.29, 1.82) is 0 Å². The van der Waals surface area contributed by atoms with Gasteiger partial charge >= 0.3 is 156 Å². The SMILES string of the molecule is COC(=O)c1ccccc1C(=O)OP1(F)(F)OC(=O)c2ccccc2C(=O)O1. The van der Waals surface area contributed by atoms with E-state index in [4.69, 9.17) is 0 Å². The van der Waals surface area contributed by atoms with Crippen LogP contribution in [0.1, 0.15) is 41.4 Å². The molecule has 2 aromatic carbocycles. The van der Waals surface area contributed by atoms with E-state index in [-0.39, 0.29) is 5.56 Å². The van der Waals surface area contributed by atoms with Crippen molar-refractivity contribution in [3.05, 3.63) is 70.8 Å². The van der Waals surface area contributed by atoms with Gasteiger partial charge in [0, 0.05) is 0 Å². The molecule has 0 bridgehead atoms. The van der Waals surface area contributed by atoms with Gasteiger partial charge in [-0.25, -0.2) is 0 Å². The molecule has 0 fully saturated rings. The Kier molecular flexibility index (Phi) is 4.60. The average molecular weight is 412 g/mol. The zero-order valence-corrected chi connectivity index (χ0v) is 15.0. The van der Waals surface area contributed by atoms with E-state index in [1.165, 1.54) is 24.3 Å². The van der Waals surface area contributed by atoms with Gasteiger partial charge in [-0.3, -0.25) is 0 Å². The molecule has 3 rings (SSSR count). The van der Waals surface area contributed by atoms with E-state index >= 15 is 0 Å². The number of rotatable bonds is 3. The van der Waals surface area contributed by atoms with Crippen LogP contribution in [0, 0.1) is 0 Å². The third kappa shape index (κ3) is 3.54. The van der Waals surface area contributed by atoms with Crippen LogP contribution >= 0.6 is 7.91 Å². The fraction of sp³-hybridized carbons (Fsp3) is 0.0588. The standard InChI is InChI=1S/C17H11F2O8P/c1-24-14(20)10-6-2-3-7-11(10)15(21)25-28(18,19)26-16(22)12-8-4-5-9-13(12)17(23)27-28/h2-9H,1H3. The Morgan fingerprint density at radius 1 is 0.821 bits per heavy atom. The molecule has 0 spiro atoms. The normalized spacial score (nSPS) is 18.2. The van der Waals surface area contributed by atoms with Crippen molar-refractivity contribution in [2.45, 2.75) is 0 Å². The molecule has 1 heterocycles. The summed E-state index contributed by atoms with van der Waals surface area (Å²) in [5.41, 5.74) is -1.91. The summed E-state index contributed by atoms with van der Waals surface area (Å²) in [7, 11) is -6.49. The summed E-state index contributed by atoms with van der Waals surface area (Å²) in [5, 5.41) is 0. The maximum atomic E-state index is 15.0. The number of fused-ring (bicyclic) bond motifs is 1. The van der Waals surface area contributed by atoms with Crippen molar-refractivity contribution in [1.82, 2.24) is 0 Å². The quantitative estimate of drug-likeness (QED) is 0.555. The fourth-order valence-electron chi connectivity index (χ4n) is 2.38. The van der Waals surface area contributed by atoms with Gasteiger partial charge in [0.1, 0.15) is 0 Å². The van der Waals surface area contributed by atoms with Crippen LogP contribution in [0.15, 0.2) is 48.5 Å². The second-order valence-electron chi connectivity index (χ2n) is 5.42. The molecular weight excluding hydrogens is 401 g/mol. The minimum absolute atomic E-state index is 0.371. The molecule has 11 heteroatoms. The Morgan fingerprint density at radius 2 is 1.25 bits per heavy atom. The van der Waals surface area contributed by atoms with Crippen LogP contribution in [-0.4, -0.2) is 31.0 Å². The number of carbonyl (C=O) groups excluding carboxylic acids is 4. The van der Waals surface area contributed by atoms with Crippen molar-refractivity contribution in [2.75, 3.05) is 7.11 Å². The topological polar surface area (TPSA) is 105 Å². The number of benzene rings is 2. The van der Waals surface area contributed by atoms with Crippen LogP contribution < -0.4 is 0 Å². The summed E-state index contributed by atoms with van der Waals surface area (Å²) < 4.78 is 46.6. The Morgan fingerprint density at radius 3 is 1.71 bits per heavy atom. The summed E-state index contributed by atoms with van der Waals surface area (Å²) in [6, 6.07) is 9.60. The van der Waals surface area contributed by atoms with Gasteiger partial charge in [-0.05, 0) is 0 Å². The van der Waals surface area contributed by atoms with Crippen LogP contribution in [0.5, 0.6) is 0 Å². The maximum absolute atomic E-state index is 15.0. The second-order valence-corrected chi connectivity index (χ2v) is 7.37. The van der Waals surface area contributed by atoms with Crippen molar-refractivity contribution in [3.63, 3.8) is 0 Å². The number of carbonyl (C=O) groups is 4. The molecule has 146 valence electrons. The minimum atomic E-state index is -7.52. The molecule has 2 aromatic rings. The zero-order valence-electron chi connectivity index (χ0n) is 14.1. The van der Waals surface area contributed by atoms with Gasteiger partial charge in [-0.1, -0.05) is 0 Å². The summed E-state index contributed by atoms with van der Waals surface area (Å²) in [4.78, 5) is 48.1. The summed E-state index contributed by atoms with van der Waals surface area (Å²) in [6.45, 7) is 0. The molecule has 0 saturated carbocycles. The van der Waals surface area contributed by atoms with Gasteiger partial charge in [0.05, 0.1) is 0 Å². The predicted octanol–water partition coefficient (Wildman–Crippen LogP) is 3.72. The molecule has 1 aliphatic rings. The van der Waals surface area contributed by atoms with Gasteiger partial charge in [0.15, 0.2) is 0 Å². The first kappa shape index (κ1) is 19.4. The Bertz CT molecular complexity index is 979. The monoisotopic (exact) mass is 412 g/mol. The summed E-state index contributed by atoms with van der Waals surface area (Å²) in [5.74, 6) is -5.93. The van der Waals surface area contributed by atoms with E-state index in [1.54, 1.807) is 0 Å². The first-order chi connectivity index (χ1) is 13.1. The molecule has 0 aromatic heterocycles. The van der Waals surface area contributed by atoms with Crippen LogP contribution in [0.4, 0.5) is 8.39 Å². The Labute approximate surface area is 156 Å². The first-order valence-corrected chi connectivity index (χ1v) is 9.35. The van der Waals surface area contributed by atoms with Gasteiger partial charge in [-0.2, -0.15) is 0 Å². The van der Waals surface area contributed by atoms with Crippen molar-refractivity contribution in [2.24, 2.45) is 0 Å². The molecule has 0 saturated heterocycles. The first-order valence-electron chi connectivity index (χ1n) is 7.58. The molecular formula is C17H11F2O8P. The number of hydrogen-bond acceptors (Lipinski definition) is 8. The molecule has 0 atom stereocenters. The molecule has 28 heavy (non-hydrogen) atoms. The molecule has 8 nitrogen and oxygen atoms in total. The summed E-state index contributed by atoms with van der Waals surface area (Å²) in [6.07, 6.45) is 0. The fourth-order valence-corrected chi connectivity index (χ4v) is 3.57. The number of ether oxygens (including phenoxy) is 1. The average Bonchev–Trinajstić information content (AvgIpc) is 2.73. The molecule has 0 N–H and O–H groups in total. The predicted molar refractivity (Wildman–Crippen MR) is 89.6 cm³/mol. The number of esters is 1. The van der Waals surface area contributed by atoms with Gasteiger partial charge in [-0.15, -0.1) is 0 Å². The molecule has 0 radical (unpaired) electrons. The van der Waals surface area contributed by atoms with Crippen LogP contribution in [0.2, 0.25) is 0 Å².